The van der Waals surface area contributed by atoms with Gasteiger partial charge in [0.2, 0.25) is 11.9 Å². The molecule has 0 spiro atoms. The van der Waals surface area contributed by atoms with Crippen LogP contribution in [0.15, 0.2) is 40.1 Å². The Labute approximate surface area is 123 Å². The lowest BCUT2D eigenvalue weighted by Gasteiger charge is -2.08. The molecule has 0 atom stereocenters. The maximum Gasteiger partial charge on any atom is 0.262 e. The third-order valence-electron chi connectivity index (χ3n) is 3.09. The third-order valence-corrected chi connectivity index (χ3v) is 3.09. The number of benzene rings is 1. The highest BCUT2D eigenvalue weighted by Gasteiger charge is 2.20. The zero-order valence-electron chi connectivity index (χ0n) is 11.3. The van der Waals surface area contributed by atoms with Crippen LogP contribution in [-0.4, -0.2) is 21.8 Å². The van der Waals surface area contributed by atoms with E-state index in [1.807, 2.05) is 18.2 Å². The number of carbonyl (C=O) groups is 2. The molecule has 1 aliphatic rings. The molecule has 1 aliphatic heterocycles. The molecule has 2 heterocycles. The predicted octanol–water partition coefficient (Wildman–Crippen LogP) is -1.30. The second-order valence-electron chi connectivity index (χ2n) is 4.63. The Morgan fingerprint density at radius 1 is 1.23 bits per heavy atom. The molecule has 3 rings (SSSR count). The summed E-state index contributed by atoms with van der Waals surface area (Å²) in [5.74, 6) is -1.28. The summed E-state index contributed by atoms with van der Waals surface area (Å²) in [7, 11) is 0. The van der Waals surface area contributed by atoms with Crippen LogP contribution in [0, 0.1) is 0 Å². The normalized spacial score (nSPS) is 13.3. The quantitative estimate of drug-likeness (QED) is 0.648. The molecule has 0 saturated heterocycles. The van der Waals surface area contributed by atoms with Crippen molar-refractivity contribution in [1.82, 2.24) is 9.97 Å². The van der Waals surface area contributed by atoms with E-state index in [-0.39, 0.29) is 28.6 Å². The Balaban J connectivity index is 2.19. The predicted molar refractivity (Wildman–Crippen MR) is 77.6 cm³/mol. The first-order valence-corrected chi connectivity index (χ1v) is 6.41. The summed E-state index contributed by atoms with van der Waals surface area (Å²) in [5, 5.41) is 2.84. The highest BCUT2D eigenvalue weighted by molar-refractivity contribution is 6.17. The van der Waals surface area contributed by atoms with Crippen LogP contribution in [0.4, 0.5) is 11.6 Å². The van der Waals surface area contributed by atoms with Gasteiger partial charge in [-0.2, -0.15) is 9.98 Å². The van der Waals surface area contributed by atoms with Crippen LogP contribution in [0.1, 0.15) is 6.42 Å². The molecule has 2 amide bonds. The first kappa shape index (κ1) is 13.7. The minimum absolute atomic E-state index is 0.0503. The molecule has 0 radical (unpaired) electrons. The third kappa shape index (κ3) is 2.49. The molecule has 110 valence electrons. The molecule has 0 aliphatic carbocycles. The van der Waals surface area contributed by atoms with Crippen LogP contribution in [0.25, 0.3) is 5.57 Å². The van der Waals surface area contributed by atoms with E-state index in [1.54, 1.807) is 12.1 Å². The number of hydrogen-bond acceptors (Lipinski definition) is 5. The molecule has 8 heteroatoms. The first-order chi connectivity index (χ1) is 10.5. The van der Waals surface area contributed by atoms with E-state index >= 15 is 0 Å². The number of nitrogens with two attached hydrogens (primary N) is 1. The summed E-state index contributed by atoms with van der Waals surface area (Å²) in [5.41, 5.74) is 5.16. The van der Waals surface area contributed by atoms with Crippen LogP contribution in [0.3, 0.4) is 0 Å². The molecule has 8 nitrogen and oxygen atoms in total. The number of aromatic nitrogens is 2. The van der Waals surface area contributed by atoms with Crippen LogP contribution < -0.4 is 27.3 Å². The van der Waals surface area contributed by atoms with Gasteiger partial charge >= 0.3 is 0 Å². The number of anilines is 2. The number of nitrogens with zero attached hydrogens (tertiary/aromatic N) is 2. The second kappa shape index (κ2) is 5.24. The van der Waals surface area contributed by atoms with E-state index in [1.165, 1.54) is 0 Å². The van der Waals surface area contributed by atoms with Gasteiger partial charge in [-0.3, -0.25) is 19.4 Å². The monoisotopic (exact) mass is 297 g/mol. The Kier molecular flexibility index (Phi) is 3.26. The number of carbonyl (C=O) groups excluding carboxylic acids is 2. The lowest BCUT2D eigenvalue weighted by atomic mass is 10.1. The fraction of sp³-hybridized carbons (Fsp3) is 0.0714. The van der Waals surface area contributed by atoms with Crippen molar-refractivity contribution in [3.05, 3.63) is 51.4 Å². The standard InChI is InChI=1S/C14H11N5O3/c15-11(21)8-6-9(20)17-12-10(8)13(22)19-14(18-12)16-7-4-2-1-3-5-7/h1-5H,6H2,(H2,15,21)(H2,16,17,18,19,20,22). The van der Waals surface area contributed by atoms with Crippen molar-refractivity contribution in [2.24, 2.45) is 10.7 Å². The van der Waals surface area contributed by atoms with Crippen LogP contribution in [0.2, 0.25) is 0 Å². The van der Waals surface area contributed by atoms with Gasteiger partial charge in [0.05, 0.1) is 11.6 Å². The Bertz CT molecular complexity index is 947. The van der Waals surface area contributed by atoms with E-state index in [2.05, 4.69) is 20.3 Å². The van der Waals surface area contributed by atoms with Crippen LogP contribution in [0.5, 0.6) is 0 Å². The van der Waals surface area contributed by atoms with Crippen molar-refractivity contribution in [1.29, 1.82) is 0 Å². The number of rotatable bonds is 3. The fourth-order valence-electron chi connectivity index (χ4n) is 2.14. The zero-order valence-corrected chi connectivity index (χ0v) is 11.3. The summed E-state index contributed by atoms with van der Waals surface area (Å²) in [6, 6.07) is 9.03. The van der Waals surface area contributed by atoms with Crippen molar-refractivity contribution in [3.8, 4) is 0 Å². The van der Waals surface area contributed by atoms with Gasteiger partial charge in [0.1, 0.15) is 0 Å². The average Bonchev–Trinajstić information content (AvgIpc) is 2.46. The van der Waals surface area contributed by atoms with Crippen LogP contribution in [-0.2, 0) is 9.59 Å². The smallest absolute Gasteiger partial charge is 0.262 e. The van der Waals surface area contributed by atoms with Gasteiger partial charge in [0, 0.05) is 11.3 Å². The number of primary amides is 1. The van der Waals surface area contributed by atoms with Gasteiger partial charge in [-0.15, -0.1) is 0 Å². The molecule has 4 N–H and O–H groups in total. The topological polar surface area (TPSA) is 130 Å². The SMILES string of the molecule is NC(=O)C1=c2c(nc(Nc3ccccc3)[nH]c2=O)=NC(=O)C1. The van der Waals surface area contributed by atoms with Crippen molar-refractivity contribution in [2.45, 2.75) is 6.42 Å². The minimum atomic E-state index is -0.833. The van der Waals surface area contributed by atoms with E-state index in [0.29, 0.717) is 5.69 Å². The number of H-pyrrole nitrogens is 1. The van der Waals surface area contributed by atoms with Gasteiger partial charge in [-0.25, -0.2) is 0 Å². The van der Waals surface area contributed by atoms with Gasteiger partial charge in [0.25, 0.3) is 11.5 Å². The number of aromatic amines is 1. The zero-order chi connectivity index (χ0) is 15.7. The molecule has 0 fully saturated rings. The summed E-state index contributed by atoms with van der Waals surface area (Å²) >= 11 is 0. The molecule has 22 heavy (non-hydrogen) atoms. The molecule has 2 aromatic rings. The van der Waals surface area contributed by atoms with Crippen molar-refractivity contribution < 1.29 is 9.59 Å². The molecule has 0 saturated carbocycles. The van der Waals surface area contributed by atoms with Crippen molar-refractivity contribution in [3.63, 3.8) is 0 Å². The summed E-state index contributed by atoms with van der Waals surface area (Å²) in [4.78, 5) is 45.4. The highest BCUT2D eigenvalue weighted by atomic mass is 16.2. The minimum Gasteiger partial charge on any atom is -0.366 e. The molecular weight excluding hydrogens is 286 g/mol. The second-order valence-corrected chi connectivity index (χ2v) is 4.63. The van der Waals surface area contributed by atoms with Crippen LogP contribution >= 0.6 is 0 Å². The molecule has 0 bridgehead atoms. The lowest BCUT2D eigenvalue weighted by molar-refractivity contribution is -0.119. The largest absolute Gasteiger partial charge is 0.366 e. The average molecular weight is 297 g/mol. The highest BCUT2D eigenvalue weighted by Crippen LogP contribution is 2.09. The number of nitrogens with one attached hydrogen (secondary N) is 2. The molecule has 1 aromatic carbocycles. The Hall–Kier alpha value is -3.29. The molecular formula is C14H11N5O3. The first-order valence-electron chi connectivity index (χ1n) is 6.41. The van der Waals surface area contributed by atoms with Gasteiger partial charge in [-0.1, -0.05) is 18.2 Å². The van der Waals surface area contributed by atoms with E-state index in [9.17, 15) is 14.4 Å². The maximum absolute atomic E-state index is 12.2. The summed E-state index contributed by atoms with van der Waals surface area (Å²) < 4.78 is 0. The summed E-state index contributed by atoms with van der Waals surface area (Å²) in [6.07, 6.45) is -0.293. The number of fused-ring (bicyclic) bond motifs is 1. The fourth-order valence-corrected chi connectivity index (χ4v) is 2.14. The number of hydrogen-bond donors (Lipinski definition) is 3. The lowest BCUT2D eigenvalue weighted by Crippen LogP contribution is -2.49. The van der Waals surface area contributed by atoms with E-state index < -0.39 is 17.4 Å². The summed E-state index contributed by atoms with van der Waals surface area (Å²) in [6.45, 7) is 0. The van der Waals surface area contributed by atoms with E-state index in [4.69, 9.17) is 5.73 Å². The molecule has 1 aromatic heterocycles. The number of amides is 2. The number of para-hydroxylation sites is 1. The van der Waals surface area contributed by atoms with Crippen molar-refractivity contribution >= 4 is 29.0 Å². The van der Waals surface area contributed by atoms with Gasteiger partial charge < -0.3 is 11.1 Å². The van der Waals surface area contributed by atoms with Crippen molar-refractivity contribution in [2.75, 3.05) is 5.32 Å². The van der Waals surface area contributed by atoms with Gasteiger partial charge in [-0.05, 0) is 12.1 Å². The maximum atomic E-state index is 12.2. The van der Waals surface area contributed by atoms with Gasteiger partial charge in [0.15, 0.2) is 5.49 Å². The Morgan fingerprint density at radius 2 is 1.95 bits per heavy atom. The molecule has 0 unspecified atom stereocenters. The van der Waals surface area contributed by atoms with E-state index in [0.717, 1.165) is 0 Å². The Morgan fingerprint density at radius 3 is 2.64 bits per heavy atom.